The lowest BCUT2D eigenvalue weighted by molar-refractivity contribution is -0.142. The van der Waals surface area contributed by atoms with Gasteiger partial charge in [-0.15, -0.1) is 0 Å². The Kier molecular flexibility index (Phi) is 3.09. The van der Waals surface area contributed by atoms with Crippen molar-refractivity contribution < 1.29 is 9.90 Å². The first-order valence-electron chi connectivity index (χ1n) is 7.12. The molecule has 3 unspecified atom stereocenters. The Morgan fingerprint density at radius 1 is 1.37 bits per heavy atom. The summed E-state index contributed by atoms with van der Waals surface area (Å²) in [5, 5.41) is 9.26. The number of nitrogens with zero attached hydrogens (tertiary/aromatic N) is 1. The first-order chi connectivity index (χ1) is 9.06. The molecule has 102 valence electrons. The summed E-state index contributed by atoms with van der Waals surface area (Å²) in [6.07, 6.45) is 2.26. The summed E-state index contributed by atoms with van der Waals surface area (Å²) in [4.78, 5) is 13.6. The molecule has 0 spiro atoms. The van der Waals surface area contributed by atoms with E-state index in [0.29, 0.717) is 12.6 Å². The van der Waals surface area contributed by atoms with Crippen molar-refractivity contribution in [2.45, 2.75) is 32.7 Å². The van der Waals surface area contributed by atoms with Crippen LogP contribution in [0.5, 0.6) is 0 Å². The maximum Gasteiger partial charge on any atom is 0.308 e. The molecule has 0 aromatic heterocycles. The van der Waals surface area contributed by atoms with Crippen LogP contribution >= 0.6 is 0 Å². The Balaban J connectivity index is 1.83. The van der Waals surface area contributed by atoms with Crippen molar-refractivity contribution in [1.29, 1.82) is 0 Å². The van der Waals surface area contributed by atoms with Gasteiger partial charge in [0.15, 0.2) is 0 Å². The highest BCUT2D eigenvalue weighted by molar-refractivity contribution is 5.71. The zero-order valence-corrected chi connectivity index (χ0v) is 11.6. The summed E-state index contributed by atoms with van der Waals surface area (Å²) < 4.78 is 0. The van der Waals surface area contributed by atoms with E-state index in [-0.39, 0.29) is 11.8 Å². The van der Waals surface area contributed by atoms with Crippen LogP contribution < -0.4 is 0 Å². The first kappa shape index (κ1) is 12.7. The highest BCUT2D eigenvalue weighted by Gasteiger charge is 2.39. The van der Waals surface area contributed by atoms with E-state index in [9.17, 15) is 9.90 Å². The number of likely N-dealkylation sites (tertiary alicyclic amines) is 1. The van der Waals surface area contributed by atoms with Gasteiger partial charge < -0.3 is 5.11 Å². The number of hydrogen-bond donors (Lipinski definition) is 1. The molecule has 1 fully saturated rings. The van der Waals surface area contributed by atoms with E-state index in [2.05, 4.69) is 36.9 Å². The van der Waals surface area contributed by atoms with Gasteiger partial charge in [0.2, 0.25) is 0 Å². The summed E-state index contributed by atoms with van der Waals surface area (Å²) in [5.74, 6) is -0.585. The lowest BCUT2D eigenvalue weighted by atomic mass is 9.99. The molecule has 1 saturated heterocycles. The van der Waals surface area contributed by atoms with Crippen LogP contribution in [0.2, 0.25) is 0 Å². The van der Waals surface area contributed by atoms with Crippen LogP contribution in [0.25, 0.3) is 0 Å². The van der Waals surface area contributed by atoms with Crippen molar-refractivity contribution in [2.24, 2.45) is 11.8 Å². The molecule has 0 bridgehead atoms. The van der Waals surface area contributed by atoms with E-state index >= 15 is 0 Å². The lowest BCUT2D eigenvalue weighted by Gasteiger charge is -2.25. The van der Waals surface area contributed by atoms with Crippen molar-refractivity contribution in [1.82, 2.24) is 4.90 Å². The normalized spacial score (nSPS) is 30.5. The predicted molar refractivity (Wildman–Crippen MR) is 74.1 cm³/mol. The molecule has 1 aliphatic heterocycles. The Morgan fingerprint density at radius 2 is 2.16 bits per heavy atom. The number of aryl methyl sites for hydroxylation is 2. The number of carbonyl (C=O) groups is 1. The number of hydrogen-bond acceptors (Lipinski definition) is 2. The second kappa shape index (κ2) is 4.64. The number of carboxylic acid groups (broad SMARTS) is 1. The topological polar surface area (TPSA) is 40.5 Å². The molecule has 3 nitrogen and oxygen atoms in total. The van der Waals surface area contributed by atoms with Gasteiger partial charge in [0.05, 0.1) is 5.92 Å². The molecule has 19 heavy (non-hydrogen) atoms. The van der Waals surface area contributed by atoms with E-state index < -0.39 is 5.97 Å². The number of carboxylic acids is 1. The monoisotopic (exact) mass is 259 g/mol. The van der Waals surface area contributed by atoms with Gasteiger partial charge in [-0.3, -0.25) is 9.69 Å². The molecular formula is C16H21NO2. The number of fused-ring (bicyclic) bond motifs is 1. The zero-order chi connectivity index (χ0) is 13.6. The van der Waals surface area contributed by atoms with Crippen molar-refractivity contribution in [3.05, 3.63) is 34.9 Å². The number of benzene rings is 1. The summed E-state index contributed by atoms with van der Waals surface area (Å²) >= 11 is 0. The molecule has 0 saturated carbocycles. The molecule has 1 aromatic carbocycles. The fourth-order valence-electron chi connectivity index (χ4n) is 3.66. The minimum atomic E-state index is -0.641. The molecule has 0 amide bonds. The first-order valence-corrected chi connectivity index (χ1v) is 7.12. The van der Waals surface area contributed by atoms with Gasteiger partial charge in [0, 0.05) is 19.1 Å². The van der Waals surface area contributed by atoms with E-state index in [1.54, 1.807) is 0 Å². The molecule has 1 aliphatic carbocycles. The van der Waals surface area contributed by atoms with E-state index in [4.69, 9.17) is 0 Å². The molecule has 0 radical (unpaired) electrons. The number of aliphatic carboxylic acids is 1. The van der Waals surface area contributed by atoms with Crippen molar-refractivity contribution >= 4 is 5.97 Å². The highest BCUT2D eigenvalue weighted by Crippen LogP contribution is 2.40. The minimum Gasteiger partial charge on any atom is -0.481 e. The number of rotatable bonds is 2. The van der Waals surface area contributed by atoms with Gasteiger partial charge in [-0.1, -0.05) is 30.7 Å². The predicted octanol–water partition coefficient (Wildman–Crippen LogP) is 2.63. The standard InChI is InChI=1S/C16H21NO2/c1-10-3-4-12-5-6-15(13(12)7-10)17-8-11(2)14(9-17)16(18)19/h3-4,7,11,14-15H,5-6,8-9H2,1-2H3,(H,18,19). The van der Waals surface area contributed by atoms with Gasteiger partial charge in [-0.2, -0.15) is 0 Å². The van der Waals surface area contributed by atoms with Crippen LogP contribution in [0, 0.1) is 18.8 Å². The summed E-state index contributed by atoms with van der Waals surface area (Å²) in [7, 11) is 0. The fraction of sp³-hybridized carbons (Fsp3) is 0.562. The maximum atomic E-state index is 11.2. The van der Waals surface area contributed by atoms with Crippen molar-refractivity contribution in [2.75, 3.05) is 13.1 Å². The van der Waals surface area contributed by atoms with Crippen LogP contribution in [0.1, 0.15) is 36.1 Å². The minimum absolute atomic E-state index is 0.200. The smallest absolute Gasteiger partial charge is 0.308 e. The Bertz CT molecular complexity index is 511. The molecule has 3 heteroatoms. The van der Waals surface area contributed by atoms with Crippen LogP contribution in [-0.4, -0.2) is 29.1 Å². The van der Waals surface area contributed by atoms with Crippen LogP contribution in [0.15, 0.2) is 18.2 Å². The molecule has 1 N–H and O–H groups in total. The van der Waals surface area contributed by atoms with Crippen molar-refractivity contribution in [3.8, 4) is 0 Å². The summed E-state index contributed by atoms with van der Waals surface area (Å²) in [6, 6.07) is 7.13. The summed E-state index contributed by atoms with van der Waals surface area (Å²) in [5.41, 5.74) is 4.17. The van der Waals surface area contributed by atoms with Gasteiger partial charge in [0.25, 0.3) is 0 Å². The van der Waals surface area contributed by atoms with E-state index in [1.807, 2.05) is 0 Å². The molecule has 2 aliphatic rings. The third kappa shape index (κ3) is 2.16. The molecule has 1 heterocycles. The molecule has 3 rings (SSSR count). The summed E-state index contributed by atoms with van der Waals surface area (Å²) in [6.45, 7) is 5.80. The lowest BCUT2D eigenvalue weighted by Crippen LogP contribution is -2.26. The Labute approximate surface area is 114 Å². The third-order valence-corrected chi connectivity index (χ3v) is 4.75. The Hall–Kier alpha value is -1.35. The largest absolute Gasteiger partial charge is 0.481 e. The second-order valence-electron chi connectivity index (χ2n) is 6.13. The average molecular weight is 259 g/mol. The maximum absolute atomic E-state index is 11.2. The third-order valence-electron chi connectivity index (χ3n) is 4.75. The SMILES string of the molecule is Cc1ccc2c(c1)C(N1CC(C)C(C(=O)O)C1)CC2. The highest BCUT2D eigenvalue weighted by atomic mass is 16.4. The molecular weight excluding hydrogens is 238 g/mol. The zero-order valence-electron chi connectivity index (χ0n) is 11.6. The van der Waals surface area contributed by atoms with Crippen LogP contribution in [0.4, 0.5) is 0 Å². The quantitative estimate of drug-likeness (QED) is 0.887. The van der Waals surface area contributed by atoms with Gasteiger partial charge in [-0.25, -0.2) is 0 Å². The molecule has 3 atom stereocenters. The van der Waals surface area contributed by atoms with Crippen molar-refractivity contribution in [3.63, 3.8) is 0 Å². The average Bonchev–Trinajstić information content (AvgIpc) is 2.91. The van der Waals surface area contributed by atoms with Gasteiger partial charge >= 0.3 is 5.97 Å². The Morgan fingerprint density at radius 3 is 2.84 bits per heavy atom. The van der Waals surface area contributed by atoms with Gasteiger partial charge in [0.1, 0.15) is 0 Å². The van der Waals surface area contributed by atoms with Gasteiger partial charge in [-0.05, 0) is 36.8 Å². The second-order valence-corrected chi connectivity index (χ2v) is 6.13. The fourth-order valence-corrected chi connectivity index (χ4v) is 3.66. The van der Waals surface area contributed by atoms with Crippen LogP contribution in [0.3, 0.4) is 0 Å². The van der Waals surface area contributed by atoms with Crippen LogP contribution in [-0.2, 0) is 11.2 Å². The molecule has 1 aromatic rings. The van der Waals surface area contributed by atoms with E-state index in [0.717, 1.165) is 19.4 Å². The van der Waals surface area contributed by atoms with E-state index in [1.165, 1.54) is 16.7 Å².